The number of nitrogens with two attached hydrogens (primary N) is 1. The largest absolute Gasteiger partial charge is 0.437 e. The summed E-state index contributed by atoms with van der Waals surface area (Å²) in [5.41, 5.74) is 1.31. The minimum atomic E-state index is -3.95. The molecule has 0 rings (SSSR count). The number of nitrogens with one attached hydrogen (secondary N) is 1. The monoisotopic (exact) mass is 314 g/mol. The third kappa shape index (κ3) is 11.5. The van der Waals surface area contributed by atoms with Crippen LogP contribution >= 0.6 is 0 Å². The topological polar surface area (TPSA) is 92.0 Å². The first-order valence-electron chi connectivity index (χ1n) is 6.80. The first-order valence-corrected chi connectivity index (χ1v) is 6.80. The van der Waals surface area contributed by atoms with Gasteiger partial charge in [0.25, 0.3) is 0 Å². The molecule has 0 heterocycles. The molecular formula is C12H24F2N2O5. The van der Waals surface area contributed by atoms with E-state index in [0.29, 0.717) is 19.8 Å². The molecule has 0 aliphatic heterocycles. The Labute approximate surface area is 123 Å². The summed E-state index contributed by atoms with van der Waals surface area (Å²) in [7, 11) is 0. The highest BCUT2D eigenvalue weighted by molar-refractivity contribution is 5.81. The smallest absolute Gasteiger partial charge is 0.379 e. The van der Waals surface area contributed by atoms with Gasteiger partial charge in [-0.2, -0.15) is 8.78 Å². The predicted molar refractivity (Wildman–Crippen MR) is 70.6 cm³/mol. The second kappa shape index (κ2) is 12.8. The average Bonchev–Trinajstić information content (AvgIpc) is 2.47. The molecule has 0 aromatic rings. The Bertz CT molecular complexity index is 270. The van der Waals surface area contributed by atoms with Gasteiger partial charge < -0.3 is 18.9 Å². The SMILES string of the molecule is CCCCOCCOCCOCCOC(F)(F)C(=O)NN. The highest BCUT2D eigenvalue weighted by Crippen LogP contribution is 2.14. The molecule has 0 bridgehead atoms. The summed E-state index contributed by atoms with van der Waals surface area (Å²) in [6.45, 7) is 3.84. The number of ether oxygens (including phenoxy) is 4. The lowest BCUT2D eigenvalue weighted by atomic mass is 10.4. The van der Waals surface area contributed by atoms with Crippen molar-refractivity contribution >= 4 is 5.91 Å². The fourth-order valence-electron chi connectivity index (χ4n) is 1.17. The summed E-state index contributed by atoms with van der Waals surface area (Å²) in [5.74, 6) is 2.88. The zero-order valence-electron chi connectivity index (χ0n) is 12.2. The zero-order chi connectivity index (χ0) is 16.0. The summed E-state index contributed by atoms with van der Waals surface area (Å²) in [4.78, 5) is 10.6. The number of hydrogen-bond acceptors (Lipinski definition) is 6. The molecule has 3 N–H and O–H groups in total. The van der Waals surface area contributed by atoms with Gasteiger partial charge in [-0.25, -0.2) is 5.84 Å². The summed E-state index contributed by atoms with van der Waals surface area (Å²) in [6, 6.07) is 0. The number of amides is 1. The third-order valence-electron chi connectivity index (χ3n) is 2.29. The van der Waals surface area contributed by atoms with Gasteiger partial charge in [0.05, 0.1) is 39.6 Å². The second-order valence-corrected chi connectivity index (χ2v) is 4.03. The minimum Gasteiger partial charge on any atom is -0.379 e. The van der Waals surface area contributed by atoms with E-state index < -0.39 is 18.6 Å². The summed E-state index contributed by atoms with van der Waals surface area (Å²) in [5, 5.41) is 0. The molecule has 0 aromatic carbocycles. The van der Waals surface area contributed by atoms with Crippen molar-refractivity contribution in [3.8, 4) is 0 Å². The molecular weight excluding hydrogens is 290 g/mol. The first kappa shape index (κ1) is 20.1. The van der Waals surface area contributed by atoms with E-state index in [0.717, 1.165) is 19.4 Å². The number of halogens is 2. The van der Waals surface area contributed by atoms with Gasteiger partial charge in [-0.05, 0) is 6.42 Å². The van der Waals surface area contributed by atoms with Gasteiger partial charge in [0, 0.05) is 6.61 Å². The Hall–Kier alpha value is -0.870. The first-order chi connectivity index (χ1) is 10.0. The summed E-state index contributed by atoms with van der Waals surface area (Å²) < 4.78 is 45.1. The van der Waals surface area contributed by atoms with E-state index in [1.807, 2.05) is 0 Å². The van der Waals surface area contributed by atoms with Gasteiger partial charge in [0.1, 0.15) is 0 Å². The van der Waals surface area contributed by atoms with E-state index in [4.69, 9.17) is 14.2 Å². The van der Waals surface area contributed by atoms with E-state index in [9.17, 15) is 13.6 Å². The van der Waals surface area contributed by atoms with Crippen LogP contribution in [-0.2, 0) is 23.7 Å². The van der Waals surface area contributed by atoms with E-state index in [-0.39, 0.29) is 13.2 Å². The Morgan fingerprint density at radius 3 is 1.95 bits per heavy atom. The molecule has 1 amide bonds. The maximum atomic E-state index is 12.8. The number of hydrazine groups is 1. The van der Waals surface area contributed by atoms with Crippen LogP contribution in [0.1, 0.15) is 19.8 Å². The van der Waals surface area contributed by atoms with Crippen LogP contribution in [0.25, 0.3) is 0 Å². The Balaban J connectivity index is 3.28. The van der Waals surface area contributed by atoms with Crippen LogP contribution in [0.15, 0.2) is 0 Å². The fourth-order valence-corrected chi connectivity index (χ4v) is 1.17. The van der Waals surface area contributed by atoms with Crippen LogP contribution in [0.2, 0.25) is 0 Å². The van der Waals surface area contributed by atoms with E-state index in [1.165, 1.54) is 5.43 Å². The molecule has 0 spiro atoms. The van der Waals surface area contributed by atoms with Crippen LogP contribution in [0.4, 0.5) is 8.78 Å². The normalized spacial score (nSPS) is 11.6. The van der Waals surface area contributed by atoms with Gasteiger partial charge >= 0.3 is 12.0 Å². The molecule has 0 aliphatic rings. The lowest BCUT2D eigenvalue weighted by molar-refractivity contribution is -0.234. The number of hydrogen-bond donors (Lipinski definition) is 2. The zero-order valence-corrected chi connectivity index (χ0v) is 12.2. The Kier molecular flexibility index (Phi) is 12.3. The Morgan fingerprint density at radius 2 is 1.48 bits per heavy atom. The van der Waals surface area contributed by atoms with E-state index in [2.05, 4.69) is 17.5 Å². The highest BCUT2D eigenvalue weighted by Gasteiger charge is 2.39. The molecule has 0 aromatic heterocycles. The van der Waals surface area contributed by atoms with Crippen molar-refractivity contribution in [1.82, 2.24) is 5.43 Å². The van der Waals surface area contributed by atoms with E-state index >= 15 is 0 Å². The standard InChI is InChI=1S/C12H24F2N2O5/c1-2-3-4-18-5-6-19-7-8-20-9-10-21-12(13,14)11(17)16-15/h2-10,15H2,1H3,(H,16,17). The third-order valence-corrected chi connectivity index (χ3v) is 2.29. The molecule has 7 nitrogen and oxygen atoms in total. The van der Waals surface area contributed by atoms with Crippen LogP contribution in [0, 0.1) is 0 Å². The number of carbonyl (C=O) groups excluding carboxylic acids is 1. The molecule has 0 unspecified atom stereocenters. The molecule has 0 saturated carbocycles. The van der Waals surface area contributed by atoms with Crippen molar-refractivity contribution in [3.63, 3.8) is 0 Å². The molecule has 9 heteroatoms. The number of carbonyl (C=O) groups is 1. The molecule has 0 radical (unpaired) electrons. The van der Waals surface area contributed by atoms with Crippen molar-refractivity contribution in [2.45, 2.75) is 25.9 Å². The van der Waals surface area contributed by atoms with Gasteiger partial charge in [-0.15, -0.1) is 0 Å². The number of rotatable bonds is 14. The quantitative estimate of drug-likeness (QED) is 0.209. The average molecular weight is 314 g/mol. The van der Waals surface area contributed by atoms with Crippen LogP contribution in [-0.4, -0.2) is 58.3 Å². The van der Waals surface area contributed by atoms with Gasteiger partial charge in [-0.3, -0.25) is 10.2 Å². The van der Waals surface area contributed by atoms with Crippen molar-refractivity contribution < 1.29 is 32.5 Å². The Morgan fingerprint density at radius 1 is 1.00 bits per heavy atom. The van der Waals surface area contributed by atoms with Gasteiger partial charge in [-0.1, -0.05) is 13.3 Å². The van der Waals surface area contributed by atoms with Crippen molar-refractivity contribution in [1.29, 1.82) is 0 Å². The second-order valence-electron chi connectivity index (χ2n) is 4.03. The van der Waals surface area contributed by atoms with Crippen molar-refractivity contribution in [2.75, 3.05) is 46.2 Å². The van der Waals surface area contributed by atoms with Crippen molar-refractivity contribution in [3.05, 3.63) is 0 Å². The predicted octanol–water partition coefficient (Wildman–Crippen LogP) is 0.436. The maximum Gasteiger partial charge on any atom is 0.437 e. The highest BCUT2D eigenvalue weighted by atomic mass is 19.3. The maximum absolute atomic E-state index is 12.8. The van der Waals surface area contributed by atoms with Gasteiger partial charge in [0.2, 0.25) is 0 Å². The molecule has 0 saturated heterocycles. The summed E-state index contributed by atoms with van der Waals surface area (Å²) in [6.07, 6.45) is -1.84. The lowest BCUT2D eigenvalue weighted by Crippen LogP contribution is -2.45. The fraction of sp³-hybridized carbons (Fsp3) is 0.917. The van der Waals surface area contributed by atoms with Crippen LogP contribution < -0.4 is 11.3 Å². The van der Waals surface area contributed by atoms with Crippen LogP contribution in [0.5, 0.6) is 0 Å². The molecule has 0 fully saturated rings. The minimum absolute atomic E-state index is 0.0796. The lowest BCUT2D eigenvalue weighted by Gasteiger charge is -2.14. The van der Waals surface area contributed by atoms with Gasteiger partial charge in [0.15, 0.2) is 0 Å². The van der Waals surface area contributed by atoms with Crippen molar-refractivity contribution in [2.24, 2.45) is 5.84 Å². The van der Waals surface area contributed by atoms with E-state index in [1.54, 1.807) is 0 Å². The molecule has 21 heavy (non-hydrogen) atoms. The molecule has 126 valence electrons. The molecule has 0 aliphatic carbocycles. The molecule has 0 atom stereocenters. The summed E-state index contributed by atoms with van der Waals surface area (Å²) >= 11 is 0. The number of alkyl halides is 2. The van der Waals surface area contributed by atoms with Crippen LogP contribution in [0.3, 0.4) is 0 Å². The number of unbranched alkanes of at least 4 members (excludes halogenated alkanes) is 1.